The molecule has 5 nitrogen and oxygen atoms in total. The van der Waals surface area contributed by atoms with Crippen LogP contribution in [0.4, 0.5) is 5.69 Å². The van der Waals surface area contributed by atoms with Crippen LogP contribution in [0.25, 0.3) is 0 Å². The number of halogens is 1. The van der Waals surface area contributed by atoms with Crippen molar-refractivity contribution in [1.29, 1.82) is 0 Å². The molecule has 19 heavy (non-hydrogen) atoms. The van der Waals surface area contributed by atoms with E-state index >= 15 is 0 Å². The third-order valence-electron chi connectivity index (χ3n) is 2.64. The number of benzene rings is 1. The zero-order valence-electron chi connectivity index (χ0n) is 10.2. The largest absolute Gasteiger partial charge is 0.468 e. The number of nitrogens with zero attached hydrogens (tertiary/aromatic N) is 1. The highest BCUT2D eigenvalue weighted by molar-refractivity contribution is 5.85. The molecule has 0 saturated heterocycles. The zero-order chi connectivity index (χ0) is 12.8. The van der Waals surface area contributed by atoms with Crippen molar-refractivity contribution in [3.8, 4) is 0 Å². The second-order valence-corrected chi connectivity index (χ2v) is 3.89. The van der Waals surface area contributed by atoms with E-state index in [-0.39, 0.29) is 23.0 Å². The lowest BCUT2D eigenvalue weighted by atomic mass is 10.1. The Morgan fingerprint density at radius 1 is 1.21 bits per heavy atom. The first kappa shape index (κ1) is 15.2. The molecule has 0 radical (unpaired) electrons. The van der Waals surface area contributed by atoms with E-state index in [0.717, 1.165) is 11.3 Å². The summed E-state index contributed by atoms with van der Waals surface area (Å²) in [6.07, 6.45) is 2.25. The lowest BCUT2D eigenvalue weighted by molar-refractivity contribution is -0.385. The first-order chi connectivity index (χ1) is 8.77. The number of rotatable bonds is 6. The SMILES string of the molecule is Cl.O=[N+]([O-])c1ccccc1CCNCc1ccco1. The van der Waals surface area contributed by atoms with Crippen LogP contribution in [0.5, 0.6) is 0 Å². The summed E-state index contributed by atoms with van der Waals surface area (Å²) in [4.78, 5) is 10.5. The second kappa shape index (κ2) is 7.56. The van der Waals surface area contributed by atoms with E-state index in [1.54, 1.807) is 18.4 Å². The minimum Gasteiger partial charge on any atom is -0.468 e. The average molecular weight is 283 g/mol. The summed E-state index contributed by atoms with van der Waals surface area (Å²) in [5, 5.41) is 14.0. The fraction of sp³-hybridized carbons (Fsp3) is 0.231. The molecule has 2 aromatic rings. The first-order valence-electron chi connectivity index (χ1n) is 5.73. The maximum absolute atomic E-state index is 10.8. The van der Waals surface area contributed by atoms with Gasteiger partial charge in [-0.05, 0) is 25.1 Å². The van der Waals surface area contributed by atoms with Crippen LogP contribution in [0.2, 0.25) is 0 Å². The highest BCUT2D eigenvalue weighted by atomic mass is 35.5. The van der Waals surface area contributed by atoms with E-state index in [9.17, 15) is 10.1 Å². The molecular formula is C13H15ClN2O3. The molecule has 0 amide bonds. The van der Waals surface area contributed by atoms with Crippen LogP contribution in [0.15, 0.2) is 47.1 Å². The standard InChI is InChI=1S/C13H14N2O3.ClH/c16-15(17)13-6-2-1-4-11(13)7-8-14-10-12-5-3-9-18-12;/h1-6,9,14H,7-8,10H2;1H. The van der Waals surface area contributed by atoms with Gasteiger partial charge in [0.15, 0.2) is 0 Å². The molecule has 6 heteroatoms. The molecular weight excluding hydrogens is 268 g/mol. The van der Waals surface area contributed by atoms with Crippen LogP contribution in [-0.2, 0) is 13.0 Å². The summed E-state index contributed by atoms with van der Waals surface area (Å²) >= 11 is 0. The van der Waals surface area contributed by atoms with Crippen molar-refractivity contribution in [3.05, 3.63) is 64.1 Å². The van der Waals surface area contributed by atoms with E-state index in [2.05, 4.69) is 5.32 Å². The molecule has 0 bridgehead atoms. The molecule has 0 aliphatic rings. The topological polar surface area (TPSA) is 68.3 Å². The van der Waals surface area contributed by atoms with Crippen molar-refractivity contribution in [2.24, 2.45) is 0 Å². The molecule has 1 aromatic heterocycles. The molecule has 0 saturated carbocycles. The fourth-order valence-corrected chi connectivity index (χ4v) is 1.75. The maximum Gasteiger partial charge on any atom is 0.272 e. The van der Waals surface area contributed by atoms with Gasteiger partial charge in [0, 0.05) is 11.6 Å². The Kier molecular flexibility index (Phi) is 6.05. The van der Waals surface area contributed by atoms with Crippen LogP contribution >= 0.6 is 12.4 Å². The van der Waals surface area contributed by atoms with Crippen molar-refractivity contribution < 1.29 is 9.34 Å². The Bertz CT molecular complexity index is 514. The van der Waals surface area contributed by atoms with Gasteiger partial charge in [0.25, 0.3) is 5.69 Å². The molecule has 0 aliphatic carbocycles. The number of hydrogen-bond acceptors (Lipinski definition) is 4. The average Bonchev–Trinajstić information content (AvgIpc) is 2.88. The molecule has 1 N–H and O–H groups in total. The number of para-hydroxylation sites is 1. The Morgan fingerprint density at radius 3 is 2.68 bits per heavy atom. The molecule has 0 fully saturated rings. The molecule has 0 unspecified atom stereocenters. The third-order valence-corrected chi connectivity index (χ3v) is 2.64. The Balaban J connectivity index is 0.00000180. The number of nitro groups is 1. The minimum absolute atomic E-state index is 0. The second-order valence-electron chi connectivity index (χ2n) is 3.89. The van der Waals surface area contributed by atoms with E-state index in [1.165, 1.54) is 6.07 Å². The summed E-state index contributed by atoms with van der Waals surface area (Å²) < 4.78 is 5.18. The van der Waals surface area contributed by atoms with Crippen LogP contribution in [-0.4, -0.2) is 11.5 Å². The normalized spacial score (nSPS) is 9.89. The van der Waals surface area contributed by atoms with Gasteiger partial charge in [0.05, 0.1) is 17.7 Å². The van der Waals surface area contributed by atoms with Gasteiger partial charge in [-0.25, -0.2) is 0 Å². The van der Waals surface area contributed by atoms with Gasteiger partial charge in [-0.15, -0.1) is 12.4 Å². The highest BCUT2D eigenvalue weighted by Gasteiger charge is 2.11. The summed E-state index contributed by atoms with van der Waals surface area (Å²) in [7, 11) is 0. The molecule has 0 spiro atoms. The maximum atomic E-state index is 10.8. The fourth-order valence-electron chi connectivity index (χ4n) is 1.75. The summed E-state index contributed by atoms with van der Waals surface area (Å²) in [6, 6.07) is 10.5. The zero-order valence-corrected chi connectivity index (χ0v) is 11.1. The van der Waals surface area contributed by atoms with Gasteiger partial charge < -0.3 is 9.73 Å². The summed E-state index contributed by atoms with van der Waals surface area (Å²) in [6.45, 7) is 1.30. The van der Waals surface area contributed by atoms with Crippen molar-refractivity contribution in [2.45, 2.75) is 13.0 Å². The van der Waals surface area contributed by atoms with Gasteiger partial charge in [0.2, 0.25) is 0 Å². The highest BCUT2D eigenvalue weighted by Crippen LogP contribution is 2.17. The Hall–Kier alpha value is -1.85. The number of furan rings is 1. The summed E-state index contributed by atoms with van der Waals surface area (Å²) in [5.41, 5.74) is 0.923. The monoisotopic (exact) mass is 282 g/mol. The lowest BCUT2D eigenvalue weighted by Gasteiger charge is -2.04. The molecule has 102 valence electrons. The van der Waals surface area contributed by atoms with E-state index < -0.39 is 0 Å². The van der Waals surface area contributed by atoms with E-state index in [1.807, 2.05) is 18.2 Å². The lowest BCUT2D eigenvalue weighted by Crippen LogP contribution is -2.16. The van der Waals surface area contributed by atoms with Gasteiger partial charge in [-0.2, -0.15) is 0 Å². The van der Waals surface area contributed by atoms with Gasteiger partial charge in [-0.3, -0.25) is 10.1 Å². The molecule has 0 atom stereocenters. The smallest absolute Gasteiger partial charge is 0.272 e. The van der Waals surface area contributed by atoms with Gasteiger partial charge >= 0.3 is 0 Å². The first-order valence-corrected chi connectivity index (χ1v) is 5.73. The Morgan fingerprint density at radius 2 is 2.00 bits per heavy atom. The van der Waals surface area contributed by atoms with E-state index in [4.69, 9.17) is 4.42 Å². The van der Waals surface area contributed by atoms with Crippen molar-refractivity contribution in [2.75, 3.05) is 6.54 Å². The molecule has 2 rings (SSSR count). The van der Waals surface area contributed by atoms with Gasteiger partial charge in [0.1, 0.15) is 5.76 Å². The number of hydrogen-bond donors (Lipinski definition) is 1. The summed E-state index contributed by atoms with van der Waals surface area (Å²) in [5.74, 6) is 0.859. The van der Waals surface area contributed by atoms with Crippen LogP contribution in [0.3, 0.4) is 0 Å². The predicted molar refractivity (Wildman–Crippen MR) is 74.5 cm³/mol. The van der Waals surface area contributed by atoms with Crippen molar-refractivity contribution in [3.63, 3.8) is 0 Å². The molecule has 1 aromatic carbocycles. The van der Waals surface area contributed by atoms with Crippen LogP contribution in [0, 0.1) is 10.1 Å². The quantitative estimate of drug-likeness (QED) is 0.502. The predicted octanol–water partition coefficient (Wildman–Crippen LogP) is 2.94. The molecule has 1 heterocycles. The van der Waals surface area contributed by atoms with Crippen molar-refractivity contribution in [1.82, 2.24) is 5.32 Å². The number of nitrogens with one attached hydrogen (secondary N) is 1. The van der Waals surface area contributed by atoms with Crippen LogP contribution < -0.4 is 5.32 Å². The third kappa shape index (κ3) is 4.39. The van der Waals surface area contributed by atoms with Gasteiger partial charge in [-0.1, -0.05) is 18.2 Å². The molecule has 0 aliphatic heterocycles. The Labute approximate surface area is 117 Å². The minimum atomic E-state index is -0.345. The van der Waals surface area contributed by atoms with Crippen molar-refractivity contribution >= 4 is 18.1 Å². The van der Waals surface area contributed by atoms with Crippen LogP contribution in [0.1, 0.15) is 11.3 Å². The van der Waals surface area contributed by atoms with E-state index in [0.29, 0.717) is 19.5 Å². The number of nitro benzene ring substituents is 1.